The lowest BCUT2D eigenvalue weighted by atomic mass is 10.1. The molecular weight excluding hydrogens is 359 g/mol. The summed E-state index contributed by atoms with van der Waals surface area (Å²) in [6, 6.07) is 12.7. The average molecular weight is 382 g/mol. The number of nitrogens with two attached hydrogens (primary N) is 1. The highest BCUT2D eigenvalue weighted by atomic mass is 19.1. The van der Waals surface area contributed by atoms with E-state index in [0.29, 0.717) is 18.0 Å². The van der Waals surface area contributed by atoms with Crippen molar-refractivity contribution in [3.05, 3.63) is 71.2 Å². The molecule has 1 atom stereocenters. The molecule has 1 aliphatic heterocycles. The maximum atomic E-state index is 13.5. The van der Waals surface area contributed by atoms with Crippen LogP contribution in [0, 0.1) is 12.7 Å². The third-order valence-electron chi connectivity index (χ3n) is 4.62. The van der Waals surface area contributed by atoms with Gasteiger partial charge in [-0.15, -0.1) is 5.06 Å². The Labute approximate surface area is 163 Å². The van der Waals surface area contributed by atoms with Gasteiger partial charge in [-0.2, -0.15) is 0 Å². The number of carbonyl (C=O) groups is 1. The van der Waals surface area contributed by atoms with E-state index >= 15 is 0 Å². The summed E-state index contributed by atoms with van der Waals surface area (Å²) in [6.07, 6.45) is 2.46. The van der Waals surface area contributed by atoms with Gasteiger partial charge in [0.05, 0.1) is 6.54 Å². The highest BCUT2D eigenvalue weighted by Gasteiger charge is 2.29. The first-order valence-corrected chi connectivity index (χ1v) is 8.92. The molecule has 0 amide bonds. The number of rotatable bonds is 4. The second-order valence-corrected chi connectivity index (χ2v) is 6.32. The topological polar surface area (TPSA) is 72.8 Å². The molecule has 0 bridgehead atoms. The SMILES string of the molecule is CN.Cc1cc(C2=NC(c3cccc4c3ccn4CC=O)N(C)O2)ccc1F. The fourth-order valence-corrected chi connectivity index (χ4v) is 3.28. The van der Waals surface area contributed by atoms with Crippen molar-refractivity contribution in [3.8, 4) is 0 Å². The number of hydroxylamine groups is 2. The van der Waals surface area contributed by atoms with Gasteiger partial charge in [-0.1, -0.05) is 12.1 Å². The number of benzene rings is 2. The Bertz CT molecular complexity index is 1030. The van der Waals surface area contributed by atoms with Gasteiger partial charge < -0.3 is 19.9 Å². The highest BCUT2D eigenvalue weighted by molar-refractivity contribution is 5.95. The van der Waals surface area contributed by atoms with Crippen molar-refractivity contribution < 1.29 is 14.0 Å². The number of carbonyl (C=O) groups excluding carboxylic acids is 1. The molecule has 6 nitrogen and oxygen atoms in total. The minimum absolute atomic E-state index is 0.251. The molecule has 146 valence electrons. The Morgan fingerprint density at radius 1 is 1.25 bits per heavy atom. The summed E-state index contributed by atoms with van der Waals surface area (Å²) < 4.78 is 15.4. The summed E-state index contributed by atoms with van der Waals surface area (Å²) in [7, 11) is 3.32. The molecule has 0 aliphatic carbocycles. The van der Waals surface area contributed by atoms with Crippen LogP contribution in [0.2, 0.25) is 0 Å². The molecule has 0 radical (unpaired) electrons. The number of aldehydes is 1. The zero-order chi connectivity index (χ0) is 20.3. The van der Waals surface area contributed by atoms with Gasteiger partial charge >= 0.3 is 0 Å². The maximum absolute atomic E-state index is 13.5. The number of halogens is 1. The van der Waals surface area contributed by atoms with Crippen molar-refractivity contribution >= 4 is 23.1 Å². The van der Waals surface area contributed by atoms with Crippen molar-refractivity contribution in [2.24, 2.45) is 10.7 Å². The molecule has 1 aromatic heterocycles. The van der Waals surface area contributed by atoms with Crippen LogP contribution in [0.3, 0.4) is 0 Å². The van der Waals surface area contributed by atoms with Gasteiger partial charge in [0.1, 0.15) is 12.1 Å². The maximum Gasteiger partial charge on any atom is 0.243 e. The number of aryl methyl sites for hydroxylation is 1. The zero-order valence-electron chi connectivity index (χ0n) is 16.1. The predicted octanol–water partition coefficient (Wildman–Crippen LogP) is 3.19. The number of fused-ring (bicyclic) bond motifs is 1. The van der Waals surface area contributed by atoms with E-state index in [1.165, 1.54) is 13.1 Å². The Kier molecular flexibility index (Phi) is 5.87. The van der Waals surface area contributed by atoms with Gasteiger partial charge in [0.15, 0.2) is 6.17 Å². The summed E-state index contributed by atoms with van der Waals surface area (Å²) in [6.45, 7) is 2.03. The van der Waals surface area contributed by atoms with Crippen LogP contribution in [0.5, 0.6) is 0 Å². The van der Waals surface area contributed by atoms with Crippen LogP contribution in [-0.4, -0.2) is 35.9 Å². The Morgan fingerprint density at radius 2 is 2.04 bits per heavy atom. The third-order valence-corrected chi connectivity index (χ3v) is 4.62. The van der Waals surface area contributed by atoms with E-state index in [0.717, 1.165) is 28.3 Å². The molecule has 3 aromatic rings. The monoisotopic (exact) mass is 382 g/mol. The fraction of sp³-hybridized carbons (Fsp3) is 0.238. The standard InChI is InChI=1S/C20H18FN3O2.CH5N/c1-13-12-14(6-7-17(13)21)20-22-19(23(2)26-20)16-4-3-5-18-15(16)8-9-24(18)10-11-25;1-2/h3-9,11-12,19H,10H2,1-2H3;2H2,1H3. The first-order chi connectivity index (χ1) is 13.6. The van der Waals surface area contributed by atoms with Crippen LogP contribution in [0.1, 0.15) is 22.9 Å². The Balaban J connectivity index is 0.00000109. The average Bonchev–Trinajstić information content (AvgIpc) is 3.30. The van der Waals surface area contributed by atoms with Crippen molar-refractivity contribution in [1.29, 1.82) is 0 Å². The summed E-state index contributed by atoms with van der Waals surface area (Å²) in [5.74, 6) is 0.212. The van der Waals surface area contributed by atoms with Crippen molar-refractivity contribution in [2.75, 3.05) is 14.1 Å². The van der Waals surface area contributed by atoms with Crippen molar-refractivity contribution in [2.45, 2.75) is 19.6 Å². The molecule has 7 heteroatoms. The minimum atomic E-state index is -0.314. The number of hydrogen-bond donors (Lipinski definition) is 1. The molecule has 0 fully saturated rings. The molecule has 0 saturated heterocycles. The Morgan fingerprint density at radius 3 is 2.75 bits per heavy atom. The van der Waals surface area contributed by atoms with Gasteiger partial charge in [-0.3, -0.25) is 0 Å². The number of hydrogen-bond acceptors (Lipinski definition) is 5. The quantitative estimate of drug-likeness (QED) is 0.704. The molecule has 2 heterocycles. The van der Waals surface area contributed by atoms with Crippen molar-refractivity contribution in [3.63, 3.8) is 0 Å². The van der Waals surface area contributed by atoms with Gasteiger partial charge in [-0.05, 0) is 49.9 Å². The Hall–Kier alpha value is -3.03. The van der Waals surface area contributed by atoms with E-state index in [1.807, 2.05) is 42.1 Å². The van der Waals surface area contributed by atoms with Crippen molar-refractivity contribution in [1.82, 2.24) is 9.63 Å². The van der Waals surface area contributed by atoms with Crippen LogP contribution < -0.4 is 5.73 Å². The van der Waals surface area contributed by atoms with E-state index in [2.05, 4.69) is 5.73 Å². The number of aromatic nitrogens is 1. The predicted molar refractivity (Wildman–Crippen MR) is 107 cm³/mol. The molecule has 0 spiro atoms. The summed E-state index contributed by atoms with van der Waals surface area (Å²) in [5, 5.41) is 2.70. The van der Waals surface area contributed by atoms with E-state index in [1.54, 1.807) is 24.1 Å². The van der Waals surface area contributed by atoms with Crippen LogP contribution in [0.4, 0.5) is 4.39 Å². The van der Waals surface area contributed by atoms with Gasteiger partial charge in [0.25, 0.3) is 0 Å². The van der Waals surface area contributed by atoms with Gasteiger partial charge in [-0.25, -0.2) is 9.38 Å². The molecular formula is C21H23FN4O2. The van der Waals surface area contributed by atoms with E-state index < -0.39 is 0 Å². The van der Waals surface area contributed by atoms with Crippen LogP contribution in [-0.2, 0) is 16.2 Å². The highest BCUT2D eigenvalue weighted by Crippen LogP contribution is 2.33. The second kappa shape index (κ2) is 8.33. The largest absolute Gasteiger partial charge is 0.383 e. The van der Waals surface area contributed by atoms with E-state index in [-0.39, 0.29) is 12.0 Å². The number of aliphatic imine (C=N–C) groups is 1. The zero-order valence-corrected chi connectivity index (χ0v) is 16.1. The van der Waals surface area contributed by atoms with Gasteiger partial charge in [0, 0.05) is 35.3 Å². The summed E-state index contributed by atoms with van der Waals surface area (Å²) >= 11 is 0. The first kappa shape index (κ1) is 19.7. The lowest BCUT2D eigenvalue weighted by Crippen LogP contribution is -2.19. The molecule has 2 N–H and O–H groups in total. The molecule has 2 aromatic carbocycles. The van der Waals surface area contributed by atoms with Crippen LogP contribution in [0.15, 0.2) is 53.7 Å². The van der Waals surface area contributed by atoms with Crippen LogP contribution >= 0.6 is 0 Å². The minimum Gasteiger partial charge on any atom is -0.383 e. The van der Waals surface area contributed by atoms with Crippen LogP contribution in [0.25, 0.3) is 10.9 Å². The summed E-state index contributed by atoms with van der Waals surface area (Å²) in [5.41, 5.74) is 7.75. The van der Waals surface area contributed by atoms with E-state index in [4.69, 9.17) is 9.83 Å². The summed E-state index contributed by atoms with van der Waals surface area (Å²) in [4.78, 5) is 21.4. The lowest BCUT2D eigenvalue weighted by Gasteiger charge is -2.17. The number of nitrogens with zero attached hydrogens (tertiary/aromatic N) is 3. The smallest absolute Gasteiger partial charge is 0.243 e. The molecule has 1 unspecified atom stereocenters. The molecule has 28 heavy (non-hydrogen) atoms. The molecule has 4 rings (SSSR count). The fourth-order valence-electron chi connectivity index (χ4n) is 3.28. The normalized spacial score (nSPS) is 16.3. The molecule has 0 saturated carbocycles. The van der Waals surface area contributed by atoms with Gasteiger partial charge in [0.2, 0.25) is 5.90 Å². The lowest BCUT2D eigenvalue weighted by molar-refractivity contribution is -0.108. The molecule has 1 aliphatic rings. The second-order valence-electron chi connectivity index (χ2n) is 6.32. The first-order valence-electron chi connectivity index (χ1n) is 8.92. The third kappa shape index (κ3) is 3.54. The van der Waals surface area contributed by atoms with E-state index in [9.17, 15) is 9.18 Å².